The second kappa shape index (κ2) is 7.31. The summed E-state index contributed by atoms with van der Waals surface area (Å²) in [5.74, 6) is -0.538. The average Bonchev–Trinajstić information content (AvgIpc) is 2.36. The van der Waals surface area contributed by atoms with Crippen LogP contribution in [0.4, 0.5) is 5.69 Å². The van der Waals surface area contributed by atoms with Gasteiger partial charge in [-0.3, -0.25) is 4.79 Å². The van der Waals surface area contributed by atoms with Crippen LogP contribution in [0.15, 0.2) is 23.1 Å². The van der Waals surface area contributed by atoms with Gasteiger partial charge in [-0.15, -0.1) is 0 Å². The molecule has 21 heavy (non-hydrogen) atoms. The molecule has 0 heterocycles. The van der Waals surface area contributed by atoms with Crippen LogP contribution in [-0.4, -0.2) is 33.7 Å². The molecule has 0 aliphatic carbocycles. The summed E-state index contributed by atoms with van der Waals surface area (Å²) in [6.07, 6.45) is 0.803. The van der Waals surface area contributed by atoms with Gasteiger partial charge in [-0.2, -0.15) is 0 Å². The Hall–Kier alpha value is -1.76. The maximum atomic E-state index is 12.2. The topological polar surface area (TPSA) is 98.5 Å². The van der Waals surface area contributed by atoms with Crippen molar-refractivity contribution in [1.29, 1.82) is 0 Å². The maximum absolute atomic E-state index is 12.2. The maximum Gasteiger partial charge on any atom is 0.235 e. The number of nitrogen functional groups attached to an aromatic ring is 1. The van der Waals surface area contributed by atoms with Crippen molar-refractivity contribution in [3.05, 3.63) is 18.2 Å². The average molecular weight is 314 g/mol. The molecule has 0 spiro atoms. The minimum absolute atomic E-state index is 0.0294. The molecular formula is C14H22N2O4S. The summed E-state index contributed by atoms with van der Waals surface area (Å²) in [5.41, 5.74) is 5.98. The van der Waals surface area contributed by atoms with E-state index in [1.165, 1.54) is 25.3 Å². The second-order valence-corrected chi connectivity index (χ2v) is 7.16. The van der Waals surface area contributed by atoms with E-state index in [-0.39, 0.29) is 10.6 Å². The van der Waals surface area contributed by atoms with Crippen molar-refractivity contribution >= 4 is 21.4 Å². The Bertz CT molecular complexity index is 597. The van der Waals surface area contributed by atoms with E-state index in [9.17, 15) is 13.2 Å². The number of hydrogen-bond acceptors (Lipinski definition) is 5. The van der Waals surface area contributed by atoms with Gasteiger partial charge in [-0.1, -0.05) is 13.8 Å². The molecule has 0 bridgehead atoms. The van der Waals surface area contributed by atoms with Gasteiger partial charge in [0.05, 0.1) is 7.11 Å². The molecule has 0 fully saturated rings. The van der Waals surface area contributed by atoms with Gasteiger partial charge in [0.1, 0.15) is 16.4 Å². The van der Waals surface area contributed by atoms with E-state index in [4.69, 9.17) is 10.5 Å². The number of benzene rings is 1. The molecule has 1 aromatic carbocycles. The molecule has 1 rings (SSSR count). The monoisotopic (exact) mass is 314 g/mol. The molecule has 0 saturated carbocycles. The number of carbonyl (C=O) groups excluding carboxylic acids is 1. The van der Waals surface area contributed by atoms with Crippen molar-refractivity contribution < 1.29 is 17.9 Å². The Morgan fingerprint density at radius 3 is 2.62 bits per heavy atom. The molecule has 1 amide bonds. The molecule has 6 nitrogen and oxygen atoms in total. The molecule has 0 aromatic heterocycles. The summed E-state index contributed by atoms with van der Waals surface area (Å²) in [6, 6.07) is 4.24. The molecule has 0 radical (unpaired) electrons. The van der Waals surface area contributed by atoms with E-state index in [2.05, 4.69) is 5.32 Å². The molecular weight excluding hydrogens is 292 g/mol. The van der Waals surface area contributed by atoms with Crippen molar-refractivity contribution in [3.63, 3.8) is 0 Å². The van der Waals surface area contributed by atoms with Crippen LogP contribution in [0, 0.1) is 5.92 Å². The van der Waals surface area contributed by atoms with Crippen molar-refractivity contribution in [2.45, 2.75) is 25.2 Å². The Morgan fingerprint density at radius 1 is 1.38 bits per heavy atom. The SMILES string of the molecule is COc1cc(N)ccc1S(=O)(=O)CC(=O)NCCC(C)C. The van der Waals surface area contributed by atoms with Crippen LogP contribution < -0.4 is 15.8 Å². The van der Waals surface area contributed by atoms with Crippen molar-refractivity contribution in [2.24, 2.45) is 5.92 Å². The molecule has 0 aliphatic rings. The van der Waals surface area contributed by atoms with Gasteiger partial charge in [-0.05, 0) is 24.5 Å². The minimum atomic E-state index is -3.76. The van der Waals surface area contributed by atoms with Crippen LogP contribution in [0.1, 0.15) is 20.3 Å². The van der Waals surface area contributed by atoms with Gasteiger partial charge >= 0.3 is 0 Å². The fourth-order valence-corrected chi connectivity index (χ4v) is 3.07. The number of carbonyl (C=O) groups is 1. The lowest BCUT2D eigenvalue weighted by atomic mass is 10.1. The summed E-state index contributed by atoms with van der Waals surface area (Å²) >= 11 is 0. The lowest BCUT2D eigenvalue weighted by Gasteiger charge is -2.11. The molecule has 7 heteroatoms. The van der Waals surface area contributed by atoms with E-state index in [0.717, 1.165) is 6.42 Å². The number of hydrogen-bond donors (Lipinski definition) is 2. The number of anilines is 1. The highest BCUT2D eigenvalue weighted by molar-refractivity contribution is 7.92. The molecule has 0 aliphatic heterocycles. The lowest BCUT2D eigenvalue weighted by molar-refractivity contribution is -0.118. The first-order chi connectivity index (χ1) is 9.76. The fraction of sp³-hybridized carbons (Fsp3) is 0.500. The first-order valence-corrected chi connectivity index (χ1v) is 8.34. The molecule has 0 unspecified atom stereocenters. The Kier molecular flexibility index (Phi) is 6.02. The highest BCUT2D eigenvalue weighted by Crippen LogP contribution is 2.26. The third-order valence-corrected chi connectivity index (χ3v) is 4.54. The molecule has 1 aromatic rings. The van der Waals surface area contributed by atoms with Crippen molar-refractivity contribution in [3.8, 4) is 5.75 Å². The first kappa shape index (κ1) is 17.3. The summed E-state index contributed by atoms with van der Waals surface area (Å²) in [4.78, 5) is 11.7. The third kappa shape index (κ3) is 5.26. The zero-order valence-corrected chi connectivity index (χ0v) is 13.4. The van der Waals surface area contributed by atoms with Gasteiger partial charge in [0.25, 0.3) is 0 Å². The summed E-state index contributed by atoms with van der Waals surface area (Å²) < 4.78 is 29.5. The number of methoxy groups -OCH3 is 1. The second-order valence-electron chi connectivity index (χ2n) is 5.20. The third-order valence-electron chi connectivity index (χ3n) is 2.89. The number of amides is 1. The highest BCUT2D eigenvalue weighted by atomic mass is 32.2. The zero-order chi connectivity index (χ0) is 16.0. The lowest BCUT2D eigenvalue weighted by Crippen LogP contribution is -2.31. The molecule has 0 saturated heterocycles. The highest BCUT2D eigenvalue weighted by Gasteiger charge is 2.23. The number of sulfone groups is 1. The smallest absolute Gasteiger partial charge is 0.235 e. The minimum Gasteiger partial charge on any atom is -0.495 e. The van der Waals surface area contributed by atoms with E-state index in [1.54, 1.807) is 0 Å². The van der Waals surface area contributed by atoms with Gasteiger partial charge < -0.3 is 15.8 Å². The van der Waals surface area contributed by atoms with Gasteiger partial charge in [0, 0.05) is 18.3 Å². The summed E-state index contributed by atoms with van der Waals surface area (Å²) in [7, 11) is -2.40. The number of rotatable bonds is 7. The number of ether oxygens (including phenoxy) is 1. The Labute approximate surface area is 125 Å². The van der Waals surface area contributed by atoms with Crippen LogP contribution in [0.25, 0.3) is 0 Å². The van der Waals surface area contributed by atoms with E-state index in [0.29, 0.717) is 18.2 Å². The van der Waals surface area contributed by atoms with E-state index < -0.39 is 21.5 Å². The summed E-state index contributed by atoms with van der Waals surface area (Å²) in [6.45, 7) is 4.52. The van der Waals surface area contributed by atoms with Crippen LogP contribution in [0.3, 0.4) is 0 Å². The molecule has 3 N–H and O–H groups in total. The summed E-state index contributed by atoms with van der Waals surface area (Å²) in [5, 5.41) is 2.61. The van der Waals surface area contributed by atoms with E-state index >= 15 is 0 Å². The van der Waals surface area contributed by atoms with Crippen LogP contribution in [0.2, 0.25) is 0 Å². The Morgan fingerprint density at radius 2 is 2.05 bits per heavy atom. The standard InChI is InChI=1S/C14H22N2O4S/c1-10(2)6-7-16-14(17)9-21(18,19)13-5-4-11(15)8-12(13)20-3/h4-5,8,10H,6-7,9,15H2,1-3H3,(H,16,17). The van der Waals surface area contributed by atoms with Gasteiger partial charge in [-0.25, -0.2) is 8.42 Å². The van der Waals surface area contributed by atoms with Crippen molar-refractivity contribution in [1.82, 2.24) is 5.32 Å². The molecule has 118 valence electrons. The fourth-order valence-electron chi connectivity index (χ4n) is 1.74. The van der Waals surface area contributed by atoms with Crippen molar-refractivity contribution in [2.75, 3.05) is 25.1 Å². The number of nitrogens with one attached hydrogen (secondary N) is 1. The van der Waals surface area contributed by atoms with Gasteiger partial charge in [0.2, 0.25) is 5.91 Å². The predicted molar refractivity (Wildman–Crippen MR) is 81.9 cm³/mol. The molecule has 0 atom stereocenters. The number of nitrogens with two attached hydrogens (primary N) is 1. The van der Waals surface area contributed by atoms with E-state index in [1.807, 2.05) is 13.8 Å². The normalized spacial score (nSPS) is 11.4. The van der Waals surface area contributed by atoms with Crippen LogP contribution >= 0.6 is 0 Å². The van der Waals surface area contributed by atoms with Crippen LogP contribution in [-0.2, 0) is 14.6 Å². The Balaban J connectivity index is 2.80. The quantitative estimate of drug-likeness (QED) is 0.737. The first-order valence-electron chi connectivity index (χ1n) is 6.69. The zero-order valence-electron chi connectivity index (χ0n) is 12.5. The van der Waals surface area contributed by atoms with Crippen LogP contribution in [0.5, 0.6) is 5.75 Å². The largest absolute Gasteiger partial charge is 0.495 e. The van der Waals surface area contributed by atoms with Gasteiger partial charge in [0.15, 0.2) is 9.84 Å². The predicted octanol–water partition coefficient (Wildman–Crippen LogP) is 1.21.